The molecule has 0 spiro atoms. The predicted octanol–water partition coefficient (Wildman–Crippen LogP) is 2.49. The monoisotopic (exact) mass is 504 g/mol. The number of hydrogen-bond donors (Lipinski definition) is 1. The SMILES string of the molecule is O=c1n(-c2ccc(C(F)(F)C(O)(Cn3cnnn3)c3ccc(F)cc3F)nc2)cnn1C1CCCC1. The van der Waals surface area contributed by atoms with E-state index in [4.69, 9.17) is 0 Å². The molecule has 36 heavy (non-hydrogen) atoms. The van der Waals surface area contributed by atoms with Crippen LogP contribution in [0.1, 0.15) is 43.0 Å². The molecule has 1 atom stereocenters. The quantitative estimate of drug-likeness (QED) is 0.385. The fraction of sp³-hybridized carbons (Fsp3) is 0.364. The standard InChI is InChI=1S/C22H20F4N8O2/c23-14-5-7-17(18(24)9-14)21(36,11-32-12-28-30-31-32)22(25,26)19-8-6-16(10-27-19)33-13-29-34(20(33)35)15-3-1-2-4-15/h5-10,12-13,15,36H,1-4,11H2. The van der Waals surface area contributed by atoms with E-state index in [9.17, 15) is 18.7 Å². The minimum atomic E-state index is -4.20. The van der Waals surface area contributed by atoms with E-state index in [1.54, 1.807) is 0 Å². The van der Waals surface area contributed by atoms with Crippen molar-refractivity contribution in [3.05, 3.63) is 82.6 Å². The van der Waals surface area contributed by atoms with Gasteiger partial charge in [0, 0.05) is 11.6 Å². The summed E-state index contributed by atoms with van der Waals surface area (Å²) < 4.78 is 63.1. The summed E-state index contributed by atoms with van der Waals surface area (Å²) in [6.45, 7) is -0.966. The average molecular weight is 504 g/mol. The molecule has 14 heteroatoms. The van der Waals surface area contributed by atoms with Gasteiger partial charge in [0.1, 0.15) is 30.0 Å². The molecule has 3 heterocycles. The molecule has 0 amide bonds. The molecule has 0 aliphatic heterocycles. The first-order chi connectivity index (χ1) is 17.2. The van der Waals surface area contributed by atoms with Crippen LogP contribution < -0.4 is 5.69 Å². The lowest BCUT2D eigenvalue weighted by molar-refractivity contribution is -0.207. The fourth-order valence-electron chi connectivity index (χ4n) is 4.48. The summed E-state index contributed by atoms with van der Waals surface area (Å²) in [5, 5.41) is 25.5. The molecule has 4 aromatic rings. The van der Waals surface area contributed by atoms with Crippen LogP contribution in [-0.2, 0) is 18.1 Å². The van der Waals surface area contributed by atoms with Crippen LogP contribution in [0.25, 0.3) is 5.69 Å². The normalized spacial score (nSPS) is 16.4. The lowest BCUT2D eigenvalue weighted by atomic mass is 9.84. The van der Waals surface area contributed by atoms with Crippen molar-refractivity contribution in [2.45, 2.75) is 49.8 Å². The molecule has 1 N–H and O–H groups in total. The zero-order valence-corrected chi connectivity index (χ0v) is 18.7. The van der Waals surface area contributed by atoms with E-state index in [1.807, 2.05) is 0 Å². The van der Waals surface area contributed by atoms with Crippen molar-refractivity contribution in [3.8, 4) is 5.69 Å². The Morgan fingerprint density at radius 1 is 1.08 bits per heavy atom. The molecule has 0 radical (unpaired) electrons. The highest BCUT2D eigenvalue weighted by atomic mass is 19.3. The summed E-state index contributed by atoms with van der Waals surface area (Å²) in [5.74, 6) is -6.59. The maximum Gasteiger partial charge on any atom is 0.350 e. The molecular weight excluding hydrogens is 484 g/mol. The smallest absolute Gasteiger partial charge is 0.350 e. The Balaban J connectivity index is 1.52. The van der Waals surface area contributed by atoms with Crippen LogP contribution in [0.15, 0.2) is 54.0 Å². The highest BCUT2D eigenvalue weighted by Crippen LogP contribution is 2.46. The van der Waals surface area contributed by atoms with E-state index in [0.29, 0.717) is 6.07 Å². The molecule has 1 unspecified atom stereocenters. The molecule has 0 bridgehead atoms. The number of rotatable bonds is 7. The Labute approximate surface area is 200 Å². The molecule has 3 aromatic heterocycles. The van der Waals surface area contributed by atoms with Crippen molar-refractivity contribution >= 4 is 0 Å². The predicted molar refractivity (Wildman–Crippen MR) is 115 cm³/mol. The lowest BCUT2D eigenvalue weighted by Crippen LogP contribution is -2.48. The molecule has 5 rings (SSSR count). The molecular formula is C22H20F4N8O2. The number of halogens is 4. The Morgan fingerprint density at radius 3 is 2.50 bits per heavy atom. The van der Waals surface area contributed by atoms with Crippen molar-refractivity contribution in [3.63, 3.8) is 0 Å². The van der Waals surface area contributed by atoms with Crippen LogP contribution in [0.2, 0.25) is 0 Å². The Kier molecular flexibility index (Phi) is 5.90. The van der Waals surface area contributed by atoms with Crippen LogP contribution >= 0.6 is 0 Å². The summed E-state index contributed by atoms with van der Waals surface area (Å²) in [4.78, 5) is 16.6. The maximum absolute atomic E-state index is 15.8. The topological polar surface area (TPSA) is 117 Å². The fourth-order valence-corrected chi connectivity index (χ4v) is 4.48. The van der Waals surface area contributed by atoms with Gasteiger partial charge in [-0.1, -0.05) is 12.8 Å². The second kappa shape index (κ2) is 8.93. The molecule has 1 aromatic carbocycles. The van der Waals surface area contributed by atoms with Crippen molar-refractivity contribution in [1.29, 1.82) is 0 Å². The average Bonchev–Trinajstić information content (AvgIpc) is 3.61. The van der Waals surface area contributed by atoms with Gasteiger partial charge in [0.25, 0.3) is 0 Å². The lowest BCUT2D eigenvalue weighted by Gasteiger charge is -2.35. The van der Waals surface area contributed by atoms with Crippen LogP contribution in [0.4, 0.5) is 17.6 Å². The van der Waals surface area contributed by atoms with Gasteiger partial charge in [0.2, 0.25) is 0 Å². The van der Waals surface area contributed by atoms with Crippen LogP contribution in [0, 0.1) is 11.6 Å². The minimum Gasteiger partial charge on any atom is -0.377 e. The van der Waals surface area contributed by atoms with Gasteiger partial charge in [-0.2, -0.15) is 13.9 Å². The Bertz CT molecular complexity index is 1410. The number of aromatic nitrogens is 8. The number of aliphatic hydroxyl groups is 1. The van der Waals surface area contributed by atoms with Gasteiger partial charge in [-0.3, -0.25) is 4.98 Å². The second-order valence-electron chi connectivity index (χ2n) is 8.63. The molecule has 1 aliphatic rings. The minimum absolute atomic E-state index is 0.0118. The van der Waals surface area contributed by atoms with Crippen LogP contribution in [-0.4, -0.2) is 44.6 Å². The van der Waals surface area contributed by atoms with Gasteiger partial charge in [-0.15, -0.1) is 5.10 Å². The highest BCUT2D eigenvalue weighted by molar-refractivity contribution is 5.34. The largest absolute Gasteiger partial charge is 0.377 e. The number of benzene rings is 1. The Morgan fingerprint density at radius 2 is 1.86 bits per heavy atom. The first-order valence-electron chi connectivity index (χ1n) is 11.1. The van der Waals surface area contributed by atoms with Gasteiger partial charge in [0.05, 0.1) is 24.5 Å². The molecule has 188 valence electrons. The zero-order valence-electron chi connectivity index (χ0n) is 18.7. The third kappa shape index (κ3) is 3.96. The van der Waals surface area contributed by atoms with Gasteiger partial charge < -0.3 is 5.11 Å². The Hall–Kier alpha value is -3.94. The zero-order chi connectivity index (χ0) is 25.5. The van der Waals surface area contributed by atoms with Crippen molar-refractivity contribution in [2.75, 3.05) is 0 Å². The summed E-state index contributed by atoms with van der Waals surface area (Å²) >= 11 is 0. The molecule has 1 fully saturated rings. The number of nitrogens with zero attached hydrogens (tertiary/aromatic N) is 8. The van der Waals surface area contributed by atoms with Gasteiger partial charge in [-0.25, -0.2) is 27.5 Å². The maximum atomic E-state index is 15.8. The van der Waals surface area contributed by atoms with Gasteiger partial charge >= 0.3 is 11.6 Å². The second-order valence-corrected chi connectivity index (χ2v) is 8.63. The van der Waals surface area contributed by atoms with E-state index in [2.05, 4.69) is 25.6 Å². The summed E-state index contributed by atoms with van der Waals surface area (Å²) in [6, 6.07) is 4.00. The van der Waals surface area contributed by atoms with E-state index in [-0.39, 0.29) is 11.7 Å². The third-order valence-corrected chi connectivity index (χ3v) is 6.39. The van der Waals surface area contributed by atoms with E-state index in [1.165, 1.54) is 21.6 Å². The first kappa shape index (κ1) is 23.8. The van der Waals surface area contributed by atoms with Crippen molar-refractivity contribution in [2.24, 2.45) is 0 Å². The van der Waals surface area contributed by atoms with Gasteiger partial charge in [0.15, 0.2) is 5.60 Å². The summed E-state index contributed by atoms with van der Waals surface area (Å²) in [5.41, 5.74) is -5.28. The highest BCUT2D eigenvalue weighted by Gasteiger charge is 2.58. The molecule has 1 aliphatic carbocycles. The number of alkyl halides is 2. The van der Waals surface area contributed by atoms with E-state index >= 15 is 8.78 Å². The first-order valence-corrected chi connectivity index (χ1v) is 11.1. The summed E-state index contributed by atoms with van der Waals surface area (Å²) in [6.07, 6.45) is 6.95. The van der Waals surface area contributed by atoms with Crippen LogP contribution in [0.5, 0.6) is 0 Å². The molecule has 0 saturated heterocycles. The number of pyridine rings is 1. The van der Waals surface area contributed by atoms with E-state index < -0.39 is 46.6 Å². The number of hydrogen-bond acceptors (Lipinski definition) is 7. The summed E-state index contributed by atoms with van der Waals surface area (Å²) in [7, 11) is 0. The van der Waals surface area contributed by atoms with E-state index in [0.717, 1.165) is 61.1 Å². The van der Waals surface area contributed by atoms with Crippen molar-refractivity contribution in [1.82, 2.24) is 39.5 Å². The van der Waals surface area contributed by atoms with Gasteiger partial charge in [-0.05, 0) is 47.5 Å². The molecule has 10 nitrogen and oxygen atoms in total. The number of tetrazole rings is 1. The molecule has 1 saturated carbocycles. The van der Waals surface area contributed by atoms with Crippen molar-refractivity contribution < 1.29 is 22.7 Å². The third-order valence-electron chi connectivity index (χ3n) is 6.39. The van der Waals surface area contributed by atoms with Crippen LogP contribution in [0.3, 0.4) is 0 Å².